The van der Waals surface area contributed by atoms with Crippen molar-refractivity contribution in [3.05, 3.63) is 21.9 Å². The quantitative estimate of drug-likeness (QED) is 0.899. The molecule has 0 aromatic carbocycles. The normalized spacial score (nSPS) is 21.0. The fraction of sp³-hybridized carbons (Fsp3) is 0.583. The summed E-state index contributed by atoms with van der Waals surface area (Å²) >= 11 is 1.02. The summed E-state index contributed by atoms with van der Waals surface area (Å²) in [5.41, 5.74) is -0.409. The van der Waals surface area contributed by atoms with Crippen LogP contribution in [0.2, 0.25) is 0 Å². The molecule has 0 aliphatic carbocycles. The predicted molar refractivity (Wildman–Crippen MR) is 66.8 cm³/mol. The Kier molecular flexibility index (Phi) is 4.46. The summed E-state index contributed by atoms with van der Waals surface area (Å²) in [6, 6.07) is -0.400. The number of thiophene rings is 1. The summed E-state index contributed by atoms with van der Waals surface area (Å²) in [5, 5.41) is 8.25. The minimum atomic E-state index is -4.33. The monoisotopic (exact) mass is 292 g/mol. The first-order valence-electron chi connectivity index (χ1n) is 6.12. The zero-order valence-corrected chi connectivity index (χ0v) is 11.0. The molecule has 1 aromatic heterocycles. The van der Waals surface area contributed by atoms with Crippen LogP contribution in [-0.4, -0.2) is 18.5 Å². The van der Waals surface area contributed by atoms with Crippen molar-refractivity contribution in [2.24, 2.45) is 0 Å². The minimum absolute atomic E-state index is 0.0659. The minimum Gasteiger partial charge on any atom is -0.355 e. The molecular weight excluding hydrogens is 277 g/mol. The molecule has 1 fully saturated rings. The first kappa shape index (κ1) is 14.3. The second-order valence-corrected chi connectivity index (χ2v) is 5.27. The van der Waals surface area contributed by atoms with Gasteiger partial charge in [-0.2, -0.15) is 24.5 Å². The fourth-order valence-corrected chi connectivity index (χ4v) is 2.94. The molecule has 2 rings (SSSR count). The van der Waals surface area contributed by atoms with E-state index < -0.39 is 17.8 Å². The van der Waals surface area contributed by atoms with Gasteiger partial charge in [0.2, 0.25) is 5.91 Å². The lowest BCUT2D eigenvalue weighted by Gasteiger charge is -2.16. The second kappa shape index (κ2) is 5.92. The zero-order chi connectivity index (χ0) is 13.9. The van der Waals surface area contributed by atoms with Crippen LogP contribution in [0.1, 0.15) is 30.4 Å². The number of halogens is 3. The topological polar surface area (TPSA) is 41.1 Å². The van der Waals surface area contributed by atoms with Crippen molar-refractivity contribution in [1.29, 1.82) is 0 Å². The molecule has 1 unspecified atom stereocenters. The Morgan fingerprint density at radius 3 is 2.89 bits per heavy atom. The number of carbonyl (C=O) groups is 1. The summed E-state index contributed by atoms with van der Waals surface area (Å²) in [4.78, 5) is 11.7. The molecule has 0 bridgehead atoms. The Morgan fingerprint density at radius 2 is 2.16 bits per heavy atom. The van der Waals surface area contributed by atoms with E-state index in [0.29, 0.717) is 13.0 Å². The zero-order valence-electron chi connectivity index (χ0n) is 10.2. The third-order valence-electron chi connectivity index (χ3n) is 3.12. The van der Waals surface area contributed by atoms with Gasteiger partial charge in [0.05, 0.1) is 11.6 Å². The van der Waals surface area contributed by atoms with E-state index in [4.69, 9.17) is 0 Å². The molecule has 1 atom stereocenters. The van der Waals surface area contributed by atoms with Crippen molar-refractivity contribution in [2.75, 3.05) is 6.54 Å². The highest BCUT2D eigenvalue weighted by Crippen LogP contribution is 2.34. The average molecular weight is 292 g/mol. The molecule has 1 aliphatic rings. The van der Waals surface area contributed by atoms with Crippen LogP contribution in [0.3, 0.4) is 0 Å². The lowest BCUT2D eigenvalue weighted by molar-refractivity contribution is -0.137. The van der Waals surface area contributed by atoms with E-state index in [1.807, 2.05) is 0 Å². The number of nitrogens with one attached hydrogen (secondary N) is 2. The van der Waals surface area contributed by atoms with Gasteiger partial charge in [0, 0.05) is 18.5 Å². The maximum absolute atomic E-state index is 12.7. The summed E-state index contributed by atoms with van der Waals surface area (Å²) in [5.74, 6) is -0.124. The number of amides is 1. The molecule has 1 aromatic rings. The second-order valence-electron chi connectivity index (χ2n) is 4.53. The van der Waals surface area contributed by atoms with Crippen LogP contribution in [0.5, 0.6) is 0 Å². The molecule has 19 heavy (non-hydrogen) atoms. The third kappa shape index (κ3) is 3.70. The van der Waals surface area contributed by atoms with Crippen LogP contribution in [-0.2, 0) is 17.5 Å². The molecule has 2 N–H and O–H groups in total. The van der Waals surface area contributed by atoms with Gasteiger partial charge >= 0.3 is 6.18 Å². The summed E-state index contributed by atoms with van der Waals surface area (Å²) in [7, 11) is 0. The van der Waals surface area contributed by atoms with Crippen molar-refractivity contribution < 1.29 is 18.0 Å². The van der Waals surface area contributed by atoms with Crippen LogP contribution in [0.4, 0.5) is 13.2 Å². The van der Waals surface area contributed by atoms with E-state index in [1.165, 1.54) is 5.38 Å². The molecule has 0 saturated carbocycles. The van der Waals surface area contributed by atoms with E-state index in [1.54, 1.807) is 0 Å². The number of carbonyl (C=O) groups excluding carboxylic acids is 1. The highest BCUT2D eigenvalue weighted by molar-refractivity contribution is 7.08. The standard InChI is InChI=1S/C12H15F3N2OS/c13-12(14,15)9-7-19-6-8(9)5-17-10-3-1-2-4-16-11(10)18/h6-7,10,17H,1-5H2,(H,16,18). The van der Waals surface area contributed by atoms with Crippen LogP contribution in [0, 0.1) is 0 Å². The smallest absolute Gasteiger partial charge is 0.355 e. The van der Waals surface area contributed by atoms with E-state index in [0.717, 1.165) is 29.6 Å². The summed E-state index contributed by atoms with van der Waals surface area (Å²) < 4.78 is 38.1. The fourth-order valence-electron chi connectivity index (χ4n) is 2.08. The molecule has 7 heteroatoms. The number of alkyl halides is 3. The average Bonchev–Trinajstić information content (AvgIpc) is 2.71. The predicted octanol–water partition coefficient (Wildman–Crippen LogP) is 2.53. The van der Waals surface area contributed by atoms with Gasteiger partial charge in [-0.15, -0.1) is 0 Å². The van der Waals surface area contributed by atoms with E-state index in [-0.39, 0.29) is 18.0 Å². The van der Waals surface area contributed by atoms with E-state index in [2.05, 4.69) is 10.6 Å². The Morgan fingerprint density at radius 1 is 1.37 bits per heavy atom. The van der Waals surface area contributed by atoms with Crippen LogP contribution < -0.4 is 10.6 Å². The van der Waals surface area contributed by atoms with Crippen molar-refractivity contribution in [1.82, 2.24) is 10.6 Å². The number of hydrogen-bond acceptors (Lipinski definition) is 3. The van der Waals surface area contributed by atoms with Gasteiger partial charge in [-0.1, -0.05) is 0 Å². The molecule has 1 amide bonds. The van der Waals surface area contributed by atoms with Gasteiger partial charge in [0.1, 0.15) is 0 Å². The molecule has 3 nitrogen and oxygen atoms in total. The molecule has 1 aliphatic heterocycles. The maximum Gasteiger partial charge on any atom is 0.417 e. The van der Waals surface area contributed by atoms with Crippen molar-refractivity contribution in [3.8, 4) is 0 Å². The molecule has 2 heterocycles. The molecule has 1 saturated heterocycles. The van der Waals surface area contributed by atoms with Crippen molar-refractivity contribution >= 4 is 17.2 Å². The number of rotatable bonds is 3. The summed E-state index contributed by atoms with van der Waals surface area (Å²) in [6.07, 6.45) is -1.86. The highest BCUT2D eigenvalue weighted by Gasteiger charge is 2.34. The van der Waals surface area contributed by atoms with Gasteiger partial charge in [0.25, 0.3) is 0 Å². The lowest BCUT2D eigenvalue weighted by atomic mass is 10.1. The van der Waals surface area contributed by atoms with Gasteiger partial charge < -0.3 is 10.6 Å². The molecule has 106 valence electrons. The third-order valence-corrected chi connectivity index (χ3v) is 3.91. The highest BCUT2D eigenvalue weighted by atomic mass is 32.1. The SMILES string of the molecule is O=C1NCCCCC1NCc1cscc1C(F)(F)F. The molecule has 0 spiro atoms. The largest absolute Gasteiger partial charge is 0.417 e. The van der Waals surface area contributed by atoms with Gasteiger partial charge in [-0.05, 0) is 30.2 Å². The van der Waals surface area contributed by atoms with Gasteiger partial charge in [-0.25, -0.2) is 0 Å². The Hall–Kier alpha value is -1.08. The Bertz CT molecular complexity index is 444. The van der Waals surface area contributed by atoms with E-state index in [9.17, 15) is 18.0 Å². The molecule has 0 radical (unpaired) electrons. The Labute approximate surface area is 113 Å². The van der Waals surface area contributed by atoms with Gasteiger partial charge in [-0.3, -0.25) is 4.79 Å². The summed E-state index contributed by atoms with van der Waals surface area (Å²) in [6.45, 7) is 0.708. The first-order valence-corrected chi connectivity index (χ1v) is 7.06. The van der Waals surface area contributed by atoms with E-state index >= 15 is 0 Å². The maximum atomic E-state index is 12.7. The molecular formula is C12H15F3N2OS. The lowest BCUT2D eigenvalue weighted by Crippen LogP contribution is -2.42. The van der Waals surface area contributed by atoms with Crippen LogP contribution >= 0.6 is 11.3 Å². The van der Waals surface area contributed by atoms with Crippen LogP contribution in [0.25, 0.3) is 0 Å². The van der Waals surface area contributed by atoms with Crippen molar-refractivity contribution in [3.63, 3.8) is 0 Å². The first-order chi connectivity index (χ1) is 8.98. The number of hydrogen-bond donors (Lipinski definition) is 2. The van der Waals surface area contributed by atoms with Crippen LogP contribution in [0.15, 0.2) is 10.8 Å². The van der Waals surface area contributed by atoms with Gasteiger partial charge in [0.15, 0.2) is 0 Å². The van der Waals surface area contributed by atoms with Crippen molar-refractivity contribution in [2.45, 2.75) is 38.0 Å². The Balaban J connectivity index is 1.98.